The lowest BCUT2D eigenvalue weighted by molar-refractivity contribution is -0.135. The van der Waals surface area contributed by atoms with E-state index < -0.39 is 6.04 Å². The Kier molecular flexibility index (Phi) is 4.10. The molecule has 1 N–H and O–H groups in total. The summed E-state index contributed by atoms with van der Waals surface area (Å²) < 4.78 is 0. The average molecular weight is 281 g/mol. The highest BCUT2D eigenvalue weighted by Gasteiger charge is 2.31. The van der Waals surface area contributed by atoms with Crippen molar-refractivity contribution in [1.82, 2.24) is 10.2 Å². The van der Waals surface area contributed by atoms with Gasteiger partial charge < -0.3 is 10.2 Å². The summed E-state index contributed by atoms with van der Waals surface area (Å²) in [6.07, 6.45) is 0.320. The van der Waals surface area contributed by atoms with Gasteiger partial charge in [0.2, 0.25) is 11.8 Å². The lowest BCUT2D eigenvalue weighted by Gasteiger charge is -2.28. The summed E-state index contributed by atoms with van der Waals surface area (Å²) in [5.41, 5.74) is 0.894. The lowest BCUT2D eigenvalue weighted by atomic mass is 10.1. The van der Waals surface area contributed by atoms with Crippen molar-refractivity contribution in [2.75, 3.05) is 0 Å². The van der Waals surface area contributed by atoms with Crippen molar-refractivity contribution in [2.45, 2.75) is 38.9 Å². The minimum Gasteiger partial charge on any atom is -0.345 e. The molecule has 0 spiro atoms. The van der Waals surface area contributed by atoms with E-state index in [0.717, 1.165) is 5.56 Å². The molecule has 2 unspecified atom stereocenters. The number of carbonyl (C=O) groups excluding carboxylic acids is 2. The molecule has 0 saturated carbocycles. The first-order chi connectivity index (χ1) is 8.99. The van der Waals surface area contributed by atoms with Crippen molar-refractivity contribution in [3.63, 3.8) is 0 Å². The van der Waals surface area contributed by atoms with E-state index in [1.807, 2.05) is 25.1 Å². The molecule has 1 aromatic carbocycles. The van der Waals surface area contributed by atoms with Crippen LogP contribution in [0.25, 0.3) is 0 Å². The molecule has 1 fully saturated rings. The SMILES string of the molecule is CC1NC(=O)CC(C)N(Cc2ccccc2Cl)C1=O. The molecule has 0 aliphatic carbocycles. The normalized spacial score (nSPS) is 24.1. The van der Waals surface area contributed by atoms with E-state index >= 15 is 0 Å². The van der Waals surface area contributed by atoms with E-state index in [4.69, 9.17) is 11.6 Å². The van der Waals surface area contributed by atoms with Crippen molar-refractivity contribution >= 4 is 23.4 Å². The van der Waals surface area contributed by atoms with E-state index in [0.29, 0.717) is 18.0 Å². The van der Waals surface area contributed by atoms with E-state index in [2.05, 4.69) is 5.32 Å². The van der Waals surface area contributed by atoms with Gasteiger partial charge in [0.1, 0.15) is 6.04 Å². The second-order valence-electron chi connectivity index (χ2n) is 4.90. The number of rotatable bonds is 2. The third-order valence-corrected chi connectivity index (χ3v) is 3.71. The molecule has 2 amide bonds. The zero-order valence-electron chi connectivity index (χ0n) is 11.0. The molecular weight excluding hydrogens is 264 g/mol. The van der Waals surface area contributed by atoms with Crippen molar-refractivity contribution in [3.05, 3.63) is 34.9 Å². The summed E-state index contributed by atoms with van der Waals surface area (Å²) in [7, 11) is 0. The molecule has 2 rings (SSSR count). The standard InChI is InChI=1S/C14H17ClN2O2/c1-9-7-13(18)16-10(2)14(19)17(9)8-11-5-3-4-6-12(11)15/h3-6,9-10H,7-8H2,1-2H3,(H,16,18). The Balaban J connectivity index is 2.24. The molecule has 19 heavy (non-hydrogen) atoms. The predicted octanol–water partition coefficient (Wildman–Crippen LogP) is 1.97. The van der Waals surface area contributed by atoms with Crippen LogP contribution >= 0.6 is 11.6 Å². The molecule has 4 nitrogen and oxygen atoms in total. The van der Waals surface area contributed by atoms with Crippen LogP contribution in [0.2, 0.25) is 5.02 Å². The zero-order valence-corrected chi connectivity index (χ0v) is 11.8. The van der Waals surface area contributed by atoms with Gasteiger partial charge in [-0.3, -0.25) is 9.59 Å². The van der Waals surface area contributed by atoms with Crippen LogP contribution in [0.5, 0.6) is 0 Å². The Hall–Kier alpha value is -1.55. The number of hydrogen-bond donors (Lipinski definition) is 1. The molecule has 2 atom stereocenters. The molecular formula is C14H17ClN2O2. The second-order valence-corrected chi connectivity index (χ2v) is 5.31. The third-order valence-electron chi connectivity index (χ3n) is 3.34. The van der Waals surface area contributed by atoms with Crippen LogP contribution in [-0.4, -0.2) is 28.8 Å². The van der Waals surface area contributed by atoms with Crippen molar-refractivity contribution in [3.8, 4) is 0 Å². The number of benzene rings is 1. The van der Waals surface area contributed by atoms with Gasteiger partial charge in [0.25, 0.3) is 0 Å². The second kappa shape index (κ2) is 5.61. The van der Waals surface area contributed by atoms with Gasteiger partial charge in [0, 0.05) is 24.0 Å². The van der Waals surface area contributed by atoms with Crippen LogP contribution in [-0.2, 0) is 16.1 Å². The first-order valence-corrected chi connectivity index (χ1v) is 6.70. The summed E-state index contributed by atoms with van der Waals surface area (Å²) in [5, 5.41) is 3.33. The smallest absolute Gasteiger partial charge is 0.245 e. The maximum absolute atomic E-state index is 12.3. The Bertz CT molecular complexity index is 504. The molecule has 0 bridgehead atoms. The van der Waals surface area contributed by atoms with Crippen LogP contribution in [0, 0.1) is 0 Å². The Morgan fingerprint density at radius 3 is 2.68 bits per heavy atom. The highest BCUT2D eigenvalue weighted by molar-refractivity contribution is 6.31. The van der Waals surface area contributed by atoms with Crippen molar-refractivity contribution in [1.29, 1.82) is 0 Å². The topological polar surface area (TPSA) is 49.4 Å². The fourth-order valence-electron chi connectivity index (χ4n) is 2.25. The minimum atomic E-state index is -0.486. The van der Waals surface area contributed by atoms with Gasteiger partial charge in [-0.2, -0.15) is 0 Å². The average Bonchev–Trinajstić information content (AvgIpc) is 2.43. The fourth-order valence-corrected chi connectivity index (χ4v) is 2.45. The fraction of sp³-hybridized carbons (Fsp3) is 0.429. The number of halogens is 1. The van der Waals surface area contributed by atoms with Crippen LogP contribution in [0.3, 0.4) is 0 Å². The quantitative estimate of drug-likeness (QED) is 0.900. The maximum Gasteiger partial charge on any atom is 0.245 e. The van der Waals surface area contributed by atoms with Gasteiger partial charge in [0.05, 0.1) is 0 Å². The molecule has 1 saturated heterocycles. The summed E-state index contributed by atoms with van der Waals surface area (Å²) in [5.74, 6) is -0.159. The molecule has 1 aliphatic heterocycles. The van der Waals surface area contributed by atoms with E-state index in [-0.39, 0.29) is 17.9 Å². The van der Waals surface area contributed by atoms with Gasteiger partial charge in [-0.05, 0) is 25.5 Å². The zero-order chi connectivity index (χ0) is 14.0. The number of nitrogens with zero attached hydrogens (tertiary/aromatic N) is 1. The molecule has 1 heterocycles. The highest BCUT2D eigenvalue weighted by Crippen LogP contribution is 2.20. The van der Waals surface area contributed by atoms with E-state index in [1.54, 1.807) is 17.9 Å². The number of nitrogens with one attached hydrogen (secondary N) is 1. The van der Waals surface area contributed by atoms with E-state index in [9.17, 15) is 9.59 Å². The molecule has 1 aliphatic rings. The Morgan fingerprint density at radius 1 is 1.32 bits per heavy atom. The molecule has 1 aromatic rings. The Morgan fingerprint density at radius 2 is 2.00 bits per heavy atom. The van der Waals surface area contributed by atoms with Crippen LogP contribution in [0.15, 0.2) is 24.3 Å². The summed E-state index contributed by atoms with van der Waals surface area (Å²) in [4.78, 5) is 25.6. The number of amides is 2. The first kappa shape index (κ1) is 13.9. The summed E-state index contributed by atoms with van der Waals surface area (Å²) in [6, 6.07) is 6.83. The van der Waals surface area contributed by atoms with Crippen molar-refractivity contribution in [2.24, 2.45) is 0 Å². The molecule has 102 valence electrons. The first-order valence-electron chi connectivity index (χ1n) is 6.32. The van der Waals surface area contributed by atoms with Crippen LogP contribution in [0.1, 0.15) is 25.8 Å². The number of hydrogen-bond acceptors (Lipinski definition) is 2. The van der Waals surface area contributed by atoms with E-state index in [1.165, 1.54) is 0 Å². The Labute approximate surface area is 117 Å². The van der Waals surface area contributed by atoms with Crippen LogP contribution < -0.4 is 5.32 Å². The van der Waals surface area contributed by atoms with Gasteiger partial charge in [-0.15, -0.1) is 0 Å². The maximum atomic E-state index is 12.3. The minimum absolute atomic E-state index is 0.0710. The molecule has 5 heteroatoms. The van der Waals surface area contributed by atoms with Crippen molar-refractivity contribution < 1.29 is 9.59 Å². The summed E-state index contributed by atoms with van der Waals surface area (Å²) >= 11 is 6.12. The number of carbonyl (C=O) groups is 2. The monoisotopic (exact) mass is 280 g/mol. The summed E-state index contributed by atoms with van der Waals surface area (Å²) in [6.45, 7) is 4.02. The molecule has 0 aromatic heterocycles. The van der Waals surface area contributed by atoms with Gasteiger partial charge in [-0.25, -0.2) is 0 Å². The largest absolute Gasteiger partial charge is 0.345 e. The molecule has 0 radical (unpaired) electrons. The highest BCUT2D eigenvalue weighted by atomic mass is 35.5. The van der Waals surface area contributed by atoms with Crippen LogP contribution in [0.4, 0.5) is 0 Å². The van der Waals surface area contributed by atoms with Gasteiger partial charge in [0.15, 0.2) is 0 Å². The van der Waals surface area contributed by atoms with Gasteiger partial charge in [-0.1, -0.05) is 29.8 Å². The van der Waals surface area contributed by atoms with Gasteiger partial charge >= 0.3 is 0 Å². The predicted molar refractivity (Wildman–Crippen MR) is 73.7 cm³/mol. The lowest BCUT2D eigenvalue weighted by Crippen LogP contribution is -2.44. The third kappa shape index (κ3) is 3.07.